The van der Waals surface area contributed by atoms with E-state index in [9.17, 15) is 9.59 Å². The molecule has 0 spiro atoms. The van der Waals surface area contributed by atoms with Crippen molar-refractivity contribution in [1.29, 1.82) is 0 Å². The van der Waals surface area contributed by atoms with Crippen molar-refractivity contribution >= 4 is 11.9 Å². The Kier molecular flexibility index (Phi) is 3.84. The predicted octanol–water partition coefficient (Wildman–Crippen LogP) is 2.18. The third-order valence-electron chi connectivity index (χ3n) is 4.37. The van der Waals surface area contributed by atoms with Crippen molar-refractivity contribution in [2.45, 2.75) is 59.4 Å². The second kappa shape index (κ2) is 4.67. The lowest BCUT2D eigenvalue weighted by atomic mass is 10.0. The minimum atomic E-state index is -0.796. The van der Waals surface area contributed by atoms with E-state index in [1.165, 1.54) is 0 Å². The van der Waals surface area contributed by atoms with E-state index in [0.717, 1.165) is 0 Å². The van der Waals surface area contributed by atoms with Crippen molar-refractivity contribution in [1.82, 2.24) is 5.32 Å². The summed E-state index contributed by atoms with van der Waals surface area (Å²) in [6.45, 7) is 8.62. The van der Waals surface area contributed by atoms with Crippen molar-refractivity contribution in [3.05, 3.63) is 0 Å². The Morgan fingerprint density at radius 2 is 1.53 bits per heavy atom. The van der Waals surface area contributed by atoms with E-state index in [2.05, 4.69) is 33.0 Å². The molecular weight excluding hydrogens is 218 g/mol. The largest absolute Gasteiger partial charge is 0.481 e. The summed E-state index contributed by atoms with van der Waals surface area (Å²) in [6, 6.07) is 0.238. The van der Waals surface area contributed by atoms with Crippen LogP contribution in [0.15, 0.2) is 0 Å². The molecule has 4 heteroatoms. The number of hydrogen-bond acceptors (Lipinski definition) is 2. The van der Waals surface area contributed by atoms with Gasteiger partial charge in [-0.3, -0.25) is 9.59 Å². The van der Waals surface area contributed by atoms with Gasteiger partial charge < -0.3 is 10.4 Å². The Balaban J connectivity index is 2.21. The van der Waals surface area contributed by atoms with E-state index in [4.69, 9.17) is 5.11 Å². The number of carboxylic acids is 1. The highest BCUT2D eigenvalue weighted by molar-refractivity contribution is 5.77. The van der Waals surface area contributed by atoms with Crippen molar-refractivity contribution in [2.24, 2.45) is 10.8 Å². The quantitative estimate of drug-likeness (QED) is 0.700. The molecule has 0 aliphatic heterocycles. The lowest BCUT2D eigenvalue weighted by molar-refractivity contribution is -0.137. The zero-order valence-electron chi connectivity index (χ0n) is 11.2. The van der Waals surface area contributed by atoms with Gasteiger partial charge in [0.15, 0.2) is 0 Å². The molecule has 1 fully saturated rings. The summed E-state index contributed by atoms with van der Waals surface area (Å²) >= 11 is 0. The third kappa shape index (κ3) is 2.99. The van der Waals surface area contributed by atoms with Gasteiger partial charge in [-0.2, -0.15) is 0 Å². The number of rotatable bonds is 6. The molecular formula is C13H23NO3. The number of nitrogens with one attached hydrogen (secondary N) is 1. The van der Waals surface area contributed by atoms with Crippen molar-refractivity contribution in [3.63, 3.8) is 0 Å². The van der Waals surface area contributed by atoms with Gasteiger partial charge in [0.2, 0.25) is 5.91 Å². The first kappa shape index (κ1) is 14.0. The van der Waals surface area contributed by atoms with Gasteiger partial charge in [-0.1, -0.05) is 27.7 Å². The SMILES string of the molecule is CC1(C)C(NC(=O)CCCCC(=O)O)C1(C)C. The zero-order chi connectivity index (χ0) is 13.3. The maximum absolute atomic E-state index is 11.7. The maximum Gasteiger partial charge on any atom is 0.303 e. The molecule has 0 unspecified atom stereocenters. The standard InChI is InChI=1S/C13H23NO3/c1-12(2)11(13(12,3)4)14-9(15)7-5-6-8-10(16)17/h11H,5-8H2,1-4H3,(H,14,15)(H,16,17). The fraction of sp³-hybridized carbons (Fsp3) is 0.846. The molecule has 0 heterocycles. The van der Waals surface area contributed by atoms with Crippen LogP contribution in [0.4, 0.5) is 0 Å². The fourth-order valence-corrected chi connectivity index (χ4v) is 2.35. The molecule has 1 saturated carbocycles. The van der Waals surface area contributed by atoms with Crippen LogP contribution >= 0.6 is 0 Å². The summed E-state index contributed by atoms with van der Waals surface area (Å²) in [5, 5.41) is 11.5. The van der Waals surface area contributed by atoms with Crippen LogP contribution in [0, 0.1) is 10.8 Å². The Morgan fingerprint density at radius 3 is 1.94 bits per heavy atom. The summed E-state index contributed by atoms with van der Waals surface area (Å²) in [7, 11) is 0. The number of aliphatic carboxylic acids is 1. The summed E-state index contributed by atoms with van der Waals surface area (Å²) in [4.78, 5) is 22.0. The van der Waals surface area contributed by atoms with Gasteiger partial charge in [-0.05, 0) is 23.7 Å². The molecule has 0 aromatic carbocycles. The first-order valence-corrected chi connectivity index (χ1v) is 6.20. The minimum absolute atomic E-state index is 0.0408. The van der Waals surface area contributed by atoms with Crippen LogP contribution in [-0.4, -0.2) is 23.0 Å². The van der Waals surface area contributed by atoms with Crippen LogP contribution in [0.1, 0.15) is 53.4 Å². The molecule has 4 nitrogen and oxygen atoms in total. The van der Waals surface area contributed by atoms with Gasteiger partial charge in [-0.15, -0.1) is 0 Å². The second-order valence-electron chi connectivity index (χ2n) is 6.04. The molecule has 0 aromatic rings. The van der Waals surface area contributed by atoms with Crippen LogP contribution in [-0.2, 0) is 9.59 Å². The van der Waals surface area contributed by atoms with Crippen LogP contribution in [0.5, 0.6) is 0 Å². The van der Waals surface area contributed by atoms with Gasteiger partial charge in [0.25, 0.3) is 0 Å². The molecule has 1 amide bonds. The van der Waals surface area contributed by atoms with Gasteiger partial charge >= 0.3 is 5.97 Å². The van der Waals surface area contributed by atoms with Crippen LogP contribution in [0.25, 0.3) is 0 Å². The summed E-state index contributed by atoms with van der Waals surface area (Å²) in [6.07, 6.45) is 1.79. The molecule has 98 valence electrons. The zero-order valence-corrected chi connectivity index (χ0v) is 11.2. The van der Waals surface area contributed by atoms with Gasteiger partial charge in [0.05, 0.1) is 0 Å². The number of carbonyl (C=O) groups is 2. The lowest BCUT2D eigenvalue weighted by Gasteiger charge is -2.06. The van der Waals surface area contributed by atoms with Crippen LogP contribution in [0.2, 0.25) is 0 Å². The predicted molar refractivity (Wildman–Crippen MR) is 65.6 cm³/mol. The van der Waals surface area contributed by atoms with Crippen molar-refractivity contribution in [2.75, 3.05) is 0 Å². The van der Waals surface area contributed by atoms with Gasteiger partial charge in [-0.25, -0.2) is 0 Å². The van der Waals surface area contributed by atoms with E-state index in [1.807, 2.05) is 0 Å². The molecule has 0 bridgehead atoms. The maximum atomic E-state index is 11.7. The normalized spacial score (nSPS) is 20.9. The van der Waals surface area contributed by atoms with Gasteiger partial charge in [0.1, 0.15) is 0 Å². The topological polar surface area (TPSA) is 66.4 Å². The van der Waals surface area contributed by atoms with Crippen LogP contribution in [0.3, 0.4) is 0 Å². The molecule has 1 rings (SSSR count). The van der Waals surface area contributed by atoms with Crippen molar-refractivity contribution < 1.29 is 14.7 Å². The highest BCUT2D eigenvalue weighted by Gasteiger charge is 2.65. The van der Waals surface area contributed by atoms with E-state index in [1.54, 1.807) is 0 Å². The molecule has 0 aromatic heterocycles. The smallest absolute Gasteiger partial charge is 0.303 e. The first-order chi connectivity index (χ1) is 7.69. The van der Waals surface area contributed by atoms with Gasteiger partial charge in [0, 0.05) is 18.9 Å². The molecule has 0 atom stereocenters. The molecule has 0 saturated heterocycles. The van der Waals surface area contributed by atoms with E-state index < -0.39 is 5.97 Å². The molecule has 1 aliphatic rings. The molecule has 2 N–H and O–H groups in total. The number of carbonyl (C=O) groups excluding carboxylic acids is 1. The highest BCUT2D eigenvalue weighted by Crippen LogP contribution is 2.62. The number of unbranched alkanes of at least 4 members (excludes halogenated alkanes) is 1. The first-order valence-electron chi connectivity index (χ1n) is 6.20. The van der Waals surface area contributed by atoms with Crippen LogP contribution < -0.4 is 5.32 Å². The number of carboxylic acid groups (broad SMARTS) is 1. The second-order valence-corrected chi connectivity index (χ2v) is 6.04. The average Bonchev–Trinajstić information content (AvgIpc) is 2.55. The highest BCUT2D eigenvalue weighted by atomic mass is 16.4. The number of hydrogen-bond donors (Lipinski definition) is 2. The third-order valence-corrected chi connectivity index (χ3v) is 4.37. The van der Waals surface area contributed by atoms with Crippen molar-refractivity contribution in [3.8, 4) is 0 Å². The van der Waals surface area contributed by atoms with E-state index in [0.29, 0.717) is 19.3 Å². The Bertz CT molecular complexity index is 307. The Labute approximate surface area is 103 Å². The van der Waals surface area contributed by atoms with E-state index in [-0.39, 0.29) is 29.2 Å². The molecule has 1 aliphatic carbocycles. The summed E-state index contributed by atoms with van der Waals surface area (Å²) in [5.74, 6) is -0.756. The minimum Gasteiger partial charge on any atom is -0.481 e. The molecule has 0 radical (unpaired) electrons. The van der Waals surface area contributed by atoms with E-state index >= 15 is 0 Å². The fourth-order valence-electron chi connectivity index (χ4n) is 2.35. The Morgan fingerprint density at radius 1 is 1.06 bits per heavy atom. The number of amides is 1. The Hall–Kier alpha value is -1.06. The summed E-state index contributed by atoms with van der Waals surface area (Å²) in [5.41, 5.74) is 0.313. The summed E-state index contributed by atoms with van der Waals surface area (Å²) < 4.78 is 0. The monoisotopic (exact) mass is 241 g/mol. The average molecular weight is 241 g/mol. The molecule has 17 heavy (non-hydrogen) atoms. The lowest BCUT2D eigenvalue weighted by Crippen LogP contribution is -2.29.